The quantitative estimate of drug-likeness (QED) is 0.433. The number of aromatic nitrogens is 2. The Morgan fingerprint density at radius 1 is 1.25 bits per heavy atom. The number of pyridine rings is 2. The molecule has 4 N–H and O–H groups in total. The van der Waals surface area contributed by atoms with E-state index in [9.17, 15) is 19.1 Å². The van der Waals surface area contributed by atoms with Gasteiger partial charge in [-0.15, -0.1) is 0 Å². The van der Waals surface area contributed by atoms with Crippen molar-refractivity contribution in [2.24, 2.45) is 0 Å². The van der Waals surface area contributed by atoms with E-state index in [1.807, 2.05) is 19.9 Å². The number of hydrogen-bond acceptors (Lipinski definition) is 7. The zero-order chi connectivity index (χ0) is 25.8. The highest BCUT2D eigenvalue weighted by molar-refractivity contribution is 6.01. The molecule has 0 spiro atoms. The Hall–Kier alpha value is -3.85. The smallest absolute Gasteiger partial charge is 0.251 e. The van der Waals surface area contributed by atoms with Crippen molar-refractivity contribution in [1.82, 2.24) is 15.3 Å². The number of carbonyl (C=O) groups is 2. The number of amides is 1. The number of nitrogens with two attached hydrogens (primary N) is 1. The summed E-state index contributed by atoms with van der Waals surface area (Å²) in [5.74, 6) is -1.23. The number of halogens is 1. The van der Waals surface area contributed by atoms with Crippen LogP contribution in [0.1, 0.15) is 53.1 Å². The largest absolute Gasteiger partial charge is 0.397 e. The first kappa shape index (κ1) is 25.2. The number of nitrogens with zero attached hydrogens (tertiary/aromatic N) is 3. The highest BCUT2D eigenvalue weighted by atomic mass is 19.1. The van der Waals surface area contributed by atoms with E-state index in [0.717, 1.165) is 25.1 Å². The zero-order valence-corrected chi connectivity index (χ0v) is 20.4. The molecular formula is C27H30FN5O3. The van der Waals surface area contributed by atoms with Crippen LogP contribution in [0, 0.1) is 5.82 Å². The summed E-state index contributed by atoms with van der Waals surface area (Å²) in [5.41, 5.74) is 8.42. The number of Topliss-reactive ketones (excluding diaryl/α,β-unsaturated/α-hetero) is 1. The molecule has 1 amide bonds. The highest BCUT2D eigenvalue weighted by Crippen LogP contribution is 2.28. The van der Waals surface area contributed by atoms with Gasteiger partial charge in [0.1, 0.15) is 11.5 Å². The van der Waals surface area contributed by atoms with Crippen LogP contribution >= 0.6 is 0 Å². The van der Waals surface area contributed by atoms with Gasteiger partial charge in [-0.25, -0.2) is 9.37 Å². The monoisotopic (exact) mass is 491 g/mol. The summed E-state index contributed by atoms with van der Waals surface area (Å²) in [6.07, 6.45) is 4.47. The molecule has 1 fully saturated rings. The lowest BCUT2D eigenvalue weighted by atomic mass is 10.0. The Morgan fingerprint density at radius 2 is 2.06 bits per heavy atom. The second-order valence-corrected chi connectivity index (χ2v) is 9.30. The van der Waals surface area contributed by atoms with Gasteiger partial charge in [0.25, 0.3) is 5.91 Å². The van der Waals surface area contributed by atoms with Crippen molar-refractivity contribution >= 4 is 23.1 Å². The minimum absolute atomic E-state index is 0.00423. The molecule has 0 saturated carbocycles. The molecule has 4 rings (SSSR count). The molecule has 3 heterocycles. The number of ketones is 1. The SMILES string of the molecule is CC(C)NC(=O)c1ccc(F)c(-c2ccc(N)c(C(=O)Cc3cnccc3N3CCC[C@H](O)C3)n2)c1. The van der Waals surface area contributed by atoms with E-state index in [1.54, 1.807) is 12.4 Å². The number of aliphatic hydroxyl groups excluding tert-OH is 1. The number of aliphatic hydroxyl groups is 1. The van der Waals surface area contributed by atoms with E-state index in [0.29, 0.717) is 12.1 Å². The van der Waals surface area contributed by atoms with Crippen molar-refractivity contribution in [2.45, 2.75) is 45.3 Å². The molecule has 9 heteroatoms. The summed E-state index contributed by atoms with van der Waals surface area (Å²) in [7, 11) is 0. The molecular weight excluding hydrogens is 461 g/mol. The van der Waals surface area contributed by atoms with Crippen LogP contribution in [0.3, 0.4) is 0 Å². The number of anilines is 2. The van der Waals surface area contributed by atoms with Gasteiger partial charge in [0, 0.05) is 60.3 Å². The summed E-state index contributed by atoms with van der Waals surface area (Å²) in [5, 5.41) is 12.9. The maximum Gasteiger partial charge on any atom is 0.251 e. The van der Waals surface area contributed by atoms with Crippen molar-refractivity contribution in [3.05, 3.63) is 71.4 Å². The van der Waals surface area contributed by atoms with Gasteiger partial charge in [0.15, 0.2) is 5.78 Å². The molecule has 0 unspecified atom stereocenters. The van der Waals surface area contributed by atoms with E-state index < -0.39 is 11.9 Å². The summed E-state index contributed by atoms with van der Waals surface area (Å²) in [6, 6.07) is 8.83. The van der Waals surface area contributed by atoms with E-state index in [-0.39, 0.29) is 52.4 Å². The van der Waals surface area contributed by atoms with Crippen LogP contribution in [-0.4, -0.2) is 52.0 Å². The van der Waals surface area contributed by atoms with Gasteiger partial charge < -0.3 is 21.1 Å². The summed E-state index contributed by atoms with van der Waals surface area (Å²) < 4.78 is 14.7. The van der Waals surface area contributed by atoms with Gasteiger partial charge in [-0.05, 0) is 63.1 Å². The summed E-state index contributed by atoms with van der Waals surface area (Å²) in [6.45, 7) is 4.94. The highest BCUT2D eigenvalue weighted by Gasteiger charge is 2.23. The van der Waals surface area contributed by atoms with Crippen molar-refractivity contribution in [2.75, 3.05) is 23.7 Å². The third kappa shape index (κ3) is 5.68. The van der Waals surface area contributed by atoms with Crippen molar-refractivity contribution in [3.63, 3.8) is 0 Å². The fourth-order valence-electron chi connectivity index (χ4n) is 4.35. The van der Waals surface area contributed by atoms with Crippen LogP contribution in [-0.2, 0) is 6.42 Å². The standard InChI is InChI=1S/C27H30FN5O3/c1-16(2)31-27(36)17-5-6-21(28)20(12-17)23-8-7-22(29)26(32-23)25(35)13-18-14-30-10-9-24(18)33-11-3-4-19(34)15-33/h5-10,12,14,16,19,34H,3-4,11,13,15,29H2,1-2H3,(H,31,36)/t19-/m0/s1. The number of piperidine rings is 1. The van der Waals surface area contributed by atoms with Crippen LogP contribution in [0.2, 0.25) is 0 Å². The maximum absolute atomic E-state index is 14.7. The number of nitrogen functional groups attached to an aromatic ring is 1. The number of rotatable bonds is 7. The van der Waals surface area contributed by atoms with Crippen molar-refractivity contribution in [3.8, 4) is 11.3 Å². The van der Waals surface area contributed by atoms with Crippen LogP contribution in [0.5, 0.6) is 0 Å². The fraction of sp³-hybridized carbons (Fsp3) is 0.333. The number of hydrogen-bond donors (Lipinski definition) is 3. The maximum atomic E-state index is 14.7. The summed E-state index contributed by atoms with van der Waals surface area (Å²) in [4.78, 5) is 36.3. The first-order valence-electron chi connectivity index (χ1n) is 12.0. The van der Waals surface area contributed by atoms with E-state index >= 15 is 0 Å². The molecule has 1 aromatic carbocycles. The fourth-order valence-corrected chi connectivity index (χ4v) is 4.35. The first-order chi connectivity index (χ1) is 17.2. The molecule has 3 aromatic rings. The predicted octanol–water partition coefficient (Wildman–Crippen LogP) is 3.39. The lowest BCUT2D eigenvalue weighted by Gasteiger charge is -2.33. The molecule has 1 aliphatic heterocycles. The molecule has 2 aromatic heterocycles. The Labute approximate surface area is 209 Å². The van der Waals surface area contributed by atoms with E-state index in [4.69, 9.17) is 5.73 Å². The third-order valence-corrected chi connectivity index (χ3v) is 6.08. The van der Waals surface area contributed by atoms with Crippen LogP contribution in [0.15, 0.2) is 48.8 Å². The van der Waals surface area contributed by atoms with Crippen LogP contribution in [0.4, 0.5) is 15.8 Å². The molecule has 36 heavy (non-hydrogen) atoms. The Balaban J connectivity index is 1.62. The molecule has 1 saturated heterocycles. The average Bonchev–Trinajstić information content (AvgIpc) is 2.84. The van der Waals surface area contributed by atoms with E-state index in [2.05, 4.69) is 20.2 Å². The summed E-state index contributed by atoms with van der Waals surface area (Å²) >= 11 is 0. The van der Waals surface area contributed by atoms with Gasteiger partial charge in [-0.2, -0.15) is 0 Å². The normalized spacial score (nSPS) is 15.7. The topological polar surface area (TPSA) is 121 Å². The van der Waals surface area contributed by atoms with Crippen molar-refractivity contribution in [1.29, 1.82) is 0 Å². The third-order valence-electron chi connectivity index (χ3n) is 6.08. The zero-order valence-electron chi connectivity index (χ0n) is 20.4. The van der Waals surface area contributed by atoms with Gasteiger partial charge in [0.05, 0.1) is 17.5 Å². The minimum Gasteiger partial charge on any atom is -0.397 e. The second kappa shape index (κ2) is 10.8. The molecule has 0 radical (unpaired) electrons. The lowest BCUT2D eigenvalue weighted by molar-refractivity contribution is 0.0941. The van der Waals surface area contributed by atoms with Gasteiger partial charge in [-0.1, -0.05) is 0 Å². The van der Waals surface area contributed by atoms with Gasteiger partial charge in [0.2, 0.25) is 0 Å². The van der Waals surface area contributed by atoms with E-state index in [1.165, 1.54) is 30.3 Å². The van der Waals surface area contributed by atoms with Crippen LogP contribution < -0.4 is 16.0 Å². The minimum atomic E-state index is -0.565. The average molecular weight is 492 g/mol. The van der Waals surface area contributed by atoms with Crippen LogP contribution in [0.25, 0.3) is 11.3 Å². The molecule has 0 aliphatic carbocycles. The number of benzene rings is 1. The van der Waals surface area contributed by atoms with Crippen molar-refractivity contribution < 1.29 is 19.1 Å². The van der Waals surface area contributed by atoms with Gasteiger partial charge >= 0.3 is 0 Å². The Bertz CT molecular complexity index is 1280. The second-order valence-electron chi connectivity index (χ2n) is 9.30. The lowest BCUT2D eigenvalue weighted by Crippen LogP contribution is -2.38. The first-order valence-corrected chi connectivity index (χ1v) is 12.0. The number of nitrogens with one attached hydrogen (secondary N) is 1. The molecule has 1 atom stereocenters. The molecule has 188 valence electrons. The van der Waals surface area contributed by atoms with Gasteiger partial charge in [-0.3, -0.25) is 14.6 Å². The Kier molecular flexibility index (Phi) is 7.59. The number of β-amino-alcohol motifs (C(OH)–C–C–N with tert-alkyl or cyclic N) is 1. The Morgan fingerprint density at radius 3 is 2.81 bits per heavy atom. The molecule has 1 aliphatic rings. The predicted molar refractivity (Wildman–Crippen MR) is 136 cm³/mol. The number of carbonyl (C=O) groups excluding carboxylic acids is 2. The molecule has 8 nitrogen and oxygen atoms in total. The molecule has 0 bridgehead atoms.